The monoisotopic (exact) mass is 444 g/mol. The van der Waals surface area contributed by atoms with Crippen molar-refractivity contribution in [2.45, 2.75) is 37.8 Å². The highest BCUT2D eigenvalue weighted by Crippen LogP contribution is 2.46. The molecule has 3 N–H and O–H groups in total. The molecule has 0 radical (unpaired) electrons. The van der Waals surface area contributed by atoms with Gasteiger partial charge in [-0.15, -0.1) is 0 Å². The second-order valence-electron chi connectivity index (χ2n) is 6.41. The predicted octanol–water partition coefficient (Wildman–Crippen LogP) is 3.73. The summed E-state index contributed by atoms with van der Waals surface area (Å²) in [6.07, 6.45) is 0.0741. The maximum absolute atomic E-state index is 11.4. The lowest BCUT2D eigenvalue weighted by molar-refractivity contribution is 0.132. The number of hydrogen-bond donors (Lipinski definition) is 3. The first-order valence-corrected chi connectivity index (χ1v) is 12.2. The first-order valence-electron chi connectivity index (χ1n) is 9.06. The van der Waals surface area contributed by atoms with E-state index in [9.17, 15) is 22.8 Å². The quantitative estimate of drug-likeness (QED) is 0.353. The maximum Gasteiger partial charge on any atom is 0.346 e. The Balaban J connectivity index is 2.13. The first-order chi connectivity index (χ1) is 13.6. The van der Waals surface area contributed by atoms with Crippen LogP contribution in [0.4, 0.5) is 0 Å². The topological polar surface area (TPSA) is 130 Å². The smallest absolute Gasteiger partial charge is 0.346 e. The normalized spacial score (nSPS) is 13.2. The minimum atomic E-state index is -4.99. The Kier molecular flexibility index (Phi) is 8.39. The molecule has 0 aliphatic rings. The second-order valence-corrected chi connectivity index (χ2v) is 10.2. The molecule has 2 aromatic rings. The average Bonchev–Trinajstić information content (AvgIpc) is 2.63. The van der Waals surface area contributed by atoms with Crippen LogP contribution in [0.25, 0.3) is 0 Å². The Morgan fingerprint density at radius 1 is 1.00 bits per heavy atom. The highest BCUT2D eigenvalue weighted by Gasteiger charge is 2.39. The lowest BCUT2D eigenvalue weighted by Gasteiger charge is -2.16. The molecule has 0 saturated carbocycles. The van der Waals surface area contributed by atoms with E-state index in [1.165, 1.54) is 0 Å². The van der Waals surface area contributed by atoms with E-state index < -0.39 is 22.7 Å². The van der Waals surface area contributed by atoms with E-state index in [4.69, 9.17) is 14.0 Å². The van der Waals surface area contributed by atoms with Gasteiger partial charge in [-0.2, -0.15) is 8.42 Å². The van der Waals surface area contributed by atoms with Gasteiger partial charge in [0.15, 0.2) is 4.99 Å². The fourth-order valence-electron chi connectivity index (χ4n) is 2.82. The summed E-state index contributed by atoms with van der Waals surface area (Å²) in [5.74, 6) is 1.18. The lowest BCUT2D eigenvalue weighted by atomic mass is 10.1. The van der Waals surface area contributed by atoms with Gasteiger partial charge in [0.2, 0.25) is 0 Å². The van der Waals surface area contributed by atoms with E-state index in [0.717, 1.165) is 11.1 Å². The summed E-state index contributed by atoms with van der Waals surface area (Å²) in [6, 6.07) is 14.6. The number of hydrogen-bond acceptors (Lipinski definition) is 5. The van der Waals surface area contributed by atoms with E-state index in [0.29, 0.717) is 31.1 Å². The highest BCUT2D eigenvalue weighted by molar-refractivity contribution is 7.93. The van der Waals surface area contributed by atoms with Gasteiger partial charge in [-0.1, -0.05) is 36.4 Å². The predicted molar refractivity (Wildman–Crippen MR) is 109 cm³/mol. The van der Waals surface area contributed by atoms with E-state index in [1.54, 1.807) is 24.3 Å². The van der Waals surface area contributed by atoms with Gasteiger partial charge < -0.3 is 19.3 Å². The van der Waals surface area contributed by atoms with Crippen molar-refractivity contribution in [2.75, 3.05) is 6.61 Å². The largest absolute Gasteiger partial charge is 0.457 e. The molecule has 0 bridgehead atoms. The van der Waals surface area contributed by atoms with Crippen molar-refractivity contribution >= 4 is 17.7 Å². The molecule has 29 heavy (non-hydrogen) atoms. The summed E-state index contributed by atoms with van der Waals surface area (Å²) in [4.78, 5) is 16.3. The van der Waals surface area contributed by atoms with Crippen LogP contribution >= 0.6 is 7.60 Å². The molecule has 0 aliphatic carbocycles. The second kappa shape index (κ2) is 10.3. The van der Waals surface area contributed by atoms with Crippen LogP contribution in [-0.2, 0) is 32.4 Å². The van der Waals surface area contributed by atoms with E-state index >= 15 is 0 Å². The fourth-order valence-corrected chi connectivity index (χ4v) is 5.19. The zero-order valence-corrected chi connectivity index (χ0v) is 17.7. The molecule has 1 atom stereocenters. The minimum absolute atomic E-state index is 0.135. The van der Waals surface area contributed by atoms with Crippen LogP contribution in [0.15, 0.2) is 48.5 Å². The molecular formula is C19H25O8PS. The number of aryl methyl sites for hydroxylation is 1. The van der Waals surface area contributed by atoms with Crippen molar-refractivity contribution in [3.63, 3.8) is 0 Å². The molecule has 0 amide bonds. The Bertz CT molecular complexity index is 954. The third-order valence-corrected chi connectivity index (χ3v) is 7.80. The first kappa shape index (κ1) is 23.5. The third-order valence-electron chi connectivity index (χ3n) is 4.24. The van der Waals surface area contributed by atoms with Crippen LogP contribution in [-0.4, -0.2) is 34.4 Å². The molecule has 2 aromatic carbocycles. The van der Waals surface area contributed by atoms with Gasteiger partial charge in [0, 0.05) is 12.2 Å². The van der Waals surface area contributed by atoms with Gasteiger partial charge in [-0.05, 0) is 43.9 Å². The Morgan fingerprint density at radius 3 is 2.10 bits per heavy atom. The van der Waals surface area contributed by atoms with Crippen molar-refractivity contribution in [3.05, 3.63) is 59.7 Å². The van der Waals surface area contributed by atoms with Crippen LogP contribution in [0.3, 0.4) is 0 Å². The Hall–Kier alpha value is -1.74. The van der Waals surface area contributed by atoms with Crippen molar-refractivity contribution in [2.24, 2.45) is 0 Å². The summed E-state index contributed by atoms with van der Waals surface area (Å²) in [6.45, 7) is 2.86. The molecular weight excluding hydrogens is 419 g/mol. The van der Waals surface area contributed by atoms with Crippen molar-refractivity contribution in [1.82, 2.24) is 0 Å². The Labute approximate surface area is 170 Å². The van der Waals surface area contributed by atoms with Crippen LogP contribution in [0.2, 0.25) is 0 Å². The van der Waals surface area contributed by atoms with Crippen LogP contribution < -0.4 is 4.74 Å². The fraction of sp³-hybridized carbons (Fsp3) is 0.368. The van der Waals surface area contributed by atoms with Crippen LogP contribution in [0.5, 0.6) is 11.5 Å². The molecule has 1 unspecified atom stereocenters. The number of benzene rings is 2. The van der Waals surface area contributed by atoms with Gasteiger partial charge in [0.1, 0.15) is 11.5 Å². The van der Waals surface area contributed by atoms with Gasteiger partial charge in [-0.3, -0.25) is 9.12 Å². The summed E-state index contributed by atoms with van der Waals surface area (Å²) in [5.41, 5.74) is 1.62. The average molecular weight is 444 g/mol. The molecule has 0 aliphatic heterocycles. The highest BCUT2D eigenvalue weighted by atomic mass is 32.2. The molecule has 0 fully saturated rings. The van der Waals surface area contributed by atoms with Gasteiger partial charge in [0.25, 0.3) is 10.1 Å². The standard InChI is InChI=1S/C19H25O8PS/c1-2-26-14-16-9-4-6-12-18(16)27-17-11-5-3-8-15(17)10-7-13-19(28(20,21)22)29(23,24)25/h3-6,8-9,11-12,19H,2,7,10,13-14H2,1H3,(H2,20,21,22)(H,23,24,25). The summed E-state index contributed by atoms with van der Waals surface area (Å²) in [7, 11) is -9.84. The molecule has 10 heteroatoms. The third kappa shape index (κ3) is 7.22. The number of ether oxygens (including phenoxy) is 2. The molecule has 2 rings (SSSR count). The van der Waals surface area contributed by atoms with Gasteiger partial charge >= 0.3 is 7.60 Å². The molecule has 0 heterocycles. The Morgan fingerprint density at radius 2 is 1.55 bits per heavy atom. The minimum Gasteiger partial charge on any atom is -0.457 e. The SMILES string of the molecule is CCOCc1ccccc1Oc1ccccc1CCCC(P(=O)(O)O)S(=O)(=O)O. The molecule has 0 spiro atoms. The number of rotatable bonds is 11. The molecule has 160 valence electrons. The maximum atomic E-state index is 11.4. The molecule has 0 aromatic heterocycles. The van der Waals surface area contributed by atoms with Crippen molar-refractivity contribution < 1.29 is 36.8 Å². The molecule has 8 nitrogen and oxygen atoms in total. The summed E-state index contributed by atoms with van der Waals surface area (Å²) in [5, 5.41) is 0. The van der Waals surface area contributed by atoms with Gasteiger partial charge in [0.05, 0.1) is 6.61 Å². The zero-order chi connectivity index (χ0) is 21.5. The van der Waals surface area contributed by atoms with Crippen LogP contribution in [0.1, 0.15) is 30.9 Å². The van der Waals surface area contributed by atoms with Crippen LogP contribution in [0, 0.1) is 0 Å². The van der Waals surface area contributed by atoms with E-state index in [1.807, 2.05) is 31.2 Å². The van der Waals surface area contributed by atoms with Gasteiger partial charge in [-0.25, -0.2) is 0 Å². The molecule has 0 saturated heterocycles. The lowest BCUT2D eigenvalue weighted by Crippen LogP contribution is -2.20. The summed E-state index contributed by atoms with van der Waals surface area (Å²) < 4.78 is 54.5. The van der Waals surface area contributed by atoms with Crippen molar-refractivity contribution in [1.29, 1.82) is 0 Å². The number of para-hydroxylation sites is 2. The van der Waals surface area contributed by atoms with E-state index in [-0.39, 0.29) is 12.8 Å². The summed E-state index contributed by atoms with van der Waals surface area (Å²) >= 11 is 0. The van der Waals surface area contributed by atoms with E-state index in [2.05, 4.69) is 0 Å². The van der Waals surface area contributed by atoms with Crippen molar-refractivity contribution in [3.8, 4) is 11.5 Å². The zero-order valence-electron chi connectivity index (χ0n) is 16.0.